The summed E-state index contributed by atoms with van der Waals surface area (Å²) in [5.41, 5.74) is 0. The van der Waals surface area contributed by atoms with Crippen molar-refractivity contribution >= 4 is 18.4 Å². The van der Waals surface area contributed by atoms with Crippen LogP contribution in [0.4, 0.5) is 0 Å². The molecule has 0 radical (unpaired) electrons. The number of rotatable bonds is 1. The van der Waals surface area contributed by atoms with Gasteiger partial charge in [-0.25, -0.2) is 0 Å². The summed E-state index contributed by atoms with van der Waals surface area (Å²) in [5, 5.41) is 0.381. The zero-order valence-electron chi connectivity index (χ0n) is 6.79. The van der Waals surface area contributed by atoms with Crippen molar-refractivity contribution in [1.82, 2.24) is 0 Å². The van der Waals surface area contributed by atoms with E-state index in [4.69, 9.17) is 0 Å². The number of carbonyl (C=O) groups is 1. The topological polar surface area (TPSA) is 17.1 Å². The molecule has 0 unspecified atom stereocenters. The van der Waals surface area contributed by atoms with Crippen LogP contribution in [0, 0.1) is 17.8 Å². The van der Waals surface area contributed by atoms with Crippen LogP contribution in [0.3, 0.4) is 0 Å². The van der Waals surface area contributed by atoms with Gasteiger partial charge in [0.1, 0.15) is 5.78 Å². The number of thiol groups is 1. The molecule has 2 rings (SSSR count). The summed E-state index contributed by atoms with van der Waals surface area (Å²) in [6.07, 6.45) is 3.84. The Morgan fingerprint density at radius 3 is 2.36 bits per heavy atom. The van der Waals surface area contributed by atoms with E-state index in [1.807, 2.05) is 0 Å². The van der Waals surface area contributed by atoms with Gasteiger partial charge in [0.15, 0.2) is 0 Å². The predicted octanol–water partition coefficient (Wildman–Crippen LogP) is 1.92. The molecule has 0 N–H and O–H groups in total. The summed E-state index contributed by atoms with van der Waals surface area (Å²) < 4.78 is 0. The van der Waals surface area contributed by atoms with E-state index in [1.165, 1.54) is 19.3 Å². The van der Waals surface area contributed by atoms with Gasteiger partial charge in [0, 0.05) is 11.2 Å². The van der Waals surface area contributed by atoms with Crippen molar-refractivity contribution in [2.24, 2.45) is 17.8 Å². The third kappa shape index (κ3) is 1.03. The number of hydrogen-bond acceptors (Lipinski definition) is 2. The van der Waals surface area contributed by atoms with E-state index in [-0.39, 0.29) is 5.92 Å². The summed E-state index contributed by atoms with van der Waals surface area (Å²) in [6, 6.07) is 0. The molecular formula is C9H14OS. The van der Waals surface area contributed by atoms with E-state index in [0.29, 0.717) is 17.0 Å². The molecular weight excluding hydrogens is 156 g/mol. The summed E-state index contributed by atoms with van der Waals surface area (Å²) in [5.74, 6) is 2.08. The Kier molecular flexibility index (Phi) is 1.75. The lowest BCUT2D eigenvalue weighted by atomic mass is 9.86. The molecule has 0 aliphatic heterocycles. The molecule has 0 aromatic rings. The van der Waals surface area contributed by atoms with Gasteiger partial charge in [-0.3, -0.25) is 4.79 Å². The first-order valence-corrected chi connectivity index (χ1v) is 4.90. The molecule has 0 aromatic heterocycles. The third-order valence-corrected chi connectivity index (χ3v) is 4.08. The van der Waals surface area contributed by atoms with Gasteiger partial charge < -0.3 is 0 Å². The maximum Gasteiger partial charge on any atom is 0.134 e. The molecule has 0 amide bonds. The molecule has 2 saturated carbocycles. The maximum absolute atomic E-state index is 11.2. The highest BCUT2D eigenvalue weighted by molar-refractivity contribution is 7.81. The zero-order chi connectivity index (χ0) is 8.01. The summed E-state index contributed by atoms with van der Waals surface area (Å²) >= 11 is 4.51. The third-order valence-electron chi connectivity index (χ3n) is 3.34. The monoisotopic (exact) mass is 170 g/mol. The lowest BCUT2D eigenvalue weighted by Gasteiger charge is -2.24. The highest BCUT2D eigenvalue weighted by Gasteiger charge is 2.47. The highest BCUT2D eigenvalue weighted by atomic mass is 32.1. The molecule has 2 aliphatic rings. The Bertz CT molecular complexity index is 188. The van der Waals surface area contributed by atoms with Crippen molar-refractivity contribution in [3.05, 3.63) is 0 Å². The number of carbonyl (C=O) groups excluding carboxylic acids is 1. The van der Waals surface area contributed by atoms with Crippen LogP contribution in [-0.4, -0.2) is 11.0 Å². The molecule has 4 atom stereocenters. The van der Waals surface area contributed by atoms with Gasteiger partial charge >= 0.3 is 0 Å². The van der Waals surface area contributed by atoms with Crippen LogP contribution in [-0.2, 0) is 4.79 Å². The molecule has 2 heteroatoms. The SMILES string of the molecule is CC(=O)[C@H]1[C@H]2CC[C@H](C2)[C@@H]1S. The van der Waals surface area contributed by atoms with Gasteiger partial charge in [0.2, 0.25) is 0 Å². The van der Waals surface area contributed by atoms with Crippen LogP contribution < -0.4 is 0 Å². The van der Waals surface area contributed by atoms with Gasteiger partial charge in [-0.05, 0) is 38.0 Å². The minimum Gasteiger partial charge on any atom is -0.300 e. The van der Waals surface area contributed by atoms with Gasteiger partial charge in [-0.2, -0.15) is 12.6 Å². The van der Waals surface area contributed by atoms with Crippen molar-refractivity contribution in [2.75, 3.05) is 0 Å². The van der Waals surface area contributed by atoms with Gasteiger partial charge in [-0.15, -0.1) is 0 Å². The second-order valence-corrected chi connectivity index (χ2v) is 4.56. The first kappa shape index (κ1) is 7.66. The molecule has 11 heavy (non-hydrogen) atoms. The van der Waals surface area contributed by atoms with Crippen molar-refractivity contribution in [3.63, 3.8) is 0 Å². The Labute approximate surface area is 73.0 Å². The second kappa shape index (κ2) is 2.51. The average Bonchev–Trinajstić information content (AvgIpc) is 2.44. The van der Waals surface area contributed by atoms with Crippen LogP contribution in [0.1, 0.15) is 26.2 Å². The second-order valence-electron chi connectivity index (χ2n) is 3.96. The largest absolute Gasteiger partial charge is 0.300 e. The van der Waals surface area contributed by atoms with Crippen LogP contribution in [0.25, 0.3) is 0 Å². The van der Waals surface area contributed by atoms with E-state index in [0.717, 1.165) is 5.92 Å². The number of hydrogen-bond donors (Lipinski definition) is 1. The fourth-order valence-electron chi connectivity index (χ4n) is 2.83. The highest BCUT2D eigenvalue weighted by Crippen LogP contribution is 2.50. The molecule has 0 saturated heterocycles. The molecule has 2 bridgehead atoms. The smallest absolute Gasteiger partial charge is 0.134 e. The molecule has 0 spiro atoms. The minimum atomic E-state index is 0.289. The lowest BCUT2D eigenvalue weighted by molar-refractivity contribution is -0.121. The summed E-state index contributed by atoms with van der Waals surface area (Å²) in [7, 11) is 0. The van der Waals surface area contributed by atoms with E-state index in [9.17, 15) is 4.79 Å². The van der Waals surface area contributed by atoms with E-state index < -0.39 is 0 Å². The van der Waals surface area contributed by atoms with Gasteiger partial charge in [0.05, 0.1) is 0 Å². The Morgan fingerprint density at radius 1 is 1.36 bits per heavy atom. The Morgan fingerprint density at radius 2 is 2.00 bits per heavy atom. The van der Waals surface area contributed by atoms with Crippen molar-refractivity contribution in [2.45, 2.75) is 31.4 Å². The zero-order valence-corrected chi connectivity index (χ0v) is 7.68. The normalized spacial score (nSPS) is 48.2. The van der Waals surface area contributed by atoms with Gasteiger partial charge in [-0.1, -0.05) is 0 Å². The minimum absolute atomic E-state index is 0.289. The summed E-state index contributed by atoms with van der Waals surface area (Å²) in [4.78, 5) is 11.2. The first-order valence-electron chi connectivity index (χ1n) is 4.38. The van der Waals surface area contributed by atoms with Crippen molar-refractivity contribution in [1.29, 1.82) is 0 Å². The maximum atomic E-state index is 11.2. The summed E-state index contributed by atoms with van der Waals surface area (Å²) in [6.45, 7) is 1.72. The molecule has 62 valence electrons. The van der Waals surface area contributed by atoms with Gasteiger partial charge in [0.25, 0.3) is 0 Å². The van der Waals surface area contributed by atoms with Crippen LogP contribution in [0.2, 0.25) is 0 Å². The number of ketones is 1. The average molecular weight is 170 g/mol. The van der Waals surface area contributed by atoms with E-state index in [1.54, 1.807) is 6.92 Å². The van der Waals surface area contributed by atoms with Crippen molar-refractivity contribution in [3.8, 4) is 0 Å². The van der Waals surface area contributed by atoms with Crippen LogP contribution in [0.15, 0.2) is 0 Å². The van der Waals surface area contributed by atoms with Crippen LogP contribution >= 0.6 is 12.6 Å². The molecule has 0 aromatic carbocycles. The fraction of sp³-hybridized carbons (Fsp3) is 0.889. The molecule has 2 fully saturated rings. The van der Waals surface area contributed by atoms with Crippen LogP contribution in [0.5, 0.6) is 0 Å². The Balaban J connectivity index is 2.17. The number of fused-ring (bicyclic) bond motifs is 2. The number of Topliss-reactive ketones (excluding diaryl/α,β-unsaturated/α-hetero) is 1. The first-order chi connectivity index (χ1) is 5.20. The Hall–Kier alpha value is 0.0200. The molecule has 2 aliphatic carbocycles. The predicted molar refractivity (Wildman–Crippen MR) is 47.8 cm³/mol. The fourth-order valence-corrected chi connectivity index (χ4v) is 3.56. The molecule has 0 heterocycles. The molecule has 1 nitrogen and oxygen atoms in total. The van der Waals surface area contributed by atoms with E-state index in [2.05, 4.69) is 12.6 Å². The lowest BCUT2D eigenvalue weighted by Crippen LogP contribution is -2.28. The van der Waals surface area contributed by atoms with Crippen molar-refractivity contribution < 1.29 is 4.79 Å². The standard InChI is InChI=1S/C9H14OS/c1-5(10)8-6-2-3-7(4-6)9(8)11/h6-9,11H,2-4H2,1H3/t6-,7+,8-,9-/m0/s1. The van der Waals surface area contributed by atoms with E-state index >= 15 is 0 Å². The quantitative estimate of drug-likeness (QED) is 0.595.